The van der Waals surface area contributed by atoms with Crippen LogP contribution in [0.4, 0.5) is 0 Å². The standard InChI is InChI=1S/C18H20N4O2S/c1-4-22-17(16-7-5-6-10-19-16)20-21-18(22)25(23,24)12-15-9-8-13(2)14(3)11-15/h5-11H,4,12H2,1-3H3. The fourth-order valence-corrected chi connectivity index (χ4v) is 4.13. The van der Waals surface area contributed by atoms with Gasteiger partial charge in [0, 0.05) is 12.7 Å². The predicted molar refractivity (Wildman–Crippen MR) is 95.7 cm³/mol. The molecule has 0 fully saturated rings. The fourth-order valence-electron chi connectivity index (χ4n) is 2.67. The number of benzene rings is 1. The molecule has 0 aliphatic rings. The van der Waals surface area contributed by atoms with Crippen LogP contribution in [0.2, 0.25) is 0 Å². The molecular weight excluding hydrogens is 336 g/mol. The molecule has 2 heterocycles. The summed E-state index contributed by atoms with van der Waals surface area (Å²) in [4.78, 5) is 4.24. The molecule has 7 heteroatoms. The SMILES string of the molecule is CCn1c(-c2ccccn2)nnc1S(=O)(=O)Cc1ccc(C)c(C)c1. The number of rotatable bonds is 5. The van der Waals surface area contributed by atoms with E-state index in [-0.39, 0.29) is 10.9 Å². The summed E-state index contributed by atoms with van der Waals surface area (Å²) in [7, 11) is -3.61. The van der Waals surface area contributed by atoms with E-state index in [2.05, 4.69) is 15.2 Å². The molecule has 0 N–H and O–H groups in total. The molecule has 0 unspecified atom stereocenters. The molecule has 0 saturated heterocycles. The van der Waals surface area contributed by atoms with Gasteiger partial charge >= 0.3 is 0 Å². The molecule has 25 heavy (non-hydrogen) atoms. The van der Waals surface area contributed by atoms with Gasteiger partial charge in [-0.2, -0.15) is 0 Å². The fraction of sp³-hybridized carbons (Fsp3) is 0.278. The Kier molecular flexibility index (Phi) is 4.67. The Labute approximate surface area is 147 Å². The topological polar surface area (TPSA) is 77.7 Å². The molecule has 2 aromatic heterocycles. The number of hydrogen-bond donors (Lipinski definition) is 0. The van der Waals surface area contributed by atoms with Gasteiger partial charge in [0.15, 0.2) is 5.82 Å². The van der Waals surface area contributed by atoms with Gasteiger partial charge in [-0.3, -0.25) is 9.55 Å². The molecule has 0 saturated carbocycles. The van der Waals surface area contributed by atoms with E-state index in [0.717, 1.165) is 16.7 Å². The molecule has 0 spiro atoms. The Balaban J connectivity index is 2.00. The smallest absolute Gasteiger partial charge is 0.250 e. The maximum absolute atomic E-state index is 12.9. The van der Waals surface area contributed by atoms with Crippen molar-refractivity contribution in [1.82, 2.24) is 19.7 Å². The van der Waals surface area contributed by atoms with E-state index in [1.807, 2.05) is 45.0 Å². The van der Waals surface area contributed by atoms with Gasteiger partial charge in [0.1, 0.15) is 5.69 Å². The molecule has 0 aliphatic heterocycles. The molecular formula is C18H20N4O2S. The van der Waals surface area contributed by atoms with Crippen molar-refractivity contribution in [2.45, 2.75) is 38.2 Å². The van der Waals surface area contributed by atoms with Gasteiger partial charge in [0.25, 0.3) is 0 Å². The molecule has 0 aliphatic carbocycles. The van der Waals surface area contributed by atoms with Crippen molar-refractivity contribution in [1.29, 1.82) is 0 Å². The first-order chi connectivity index (χ1) is 11.9. The molecule has 0 atom stereocenters. The number of nitrogens with zero attached hydrogens (tertiary/aromatic N) is 4. The van der Waals surface area contributed by atoms with Crippen LogP contribution in [0.25, 0.3) is 11.5 Å². The second-order valence-corrected chi connectivity index (χ2v) is 7.83. The van der Waals surface area contributed by atoms with Crippen molar-refractivity contribution in [2.24, 2.45) is 0 Å². The van der Waals surface area contributed by atoms with Gasteiger partial charge < -0.3 is 0 Å². The lowest BCUT2D eigenvalue weighted by Gasteiger charge is -2.09. The zero-order chi connectivity index (χ0) is 18.0. The van der Waals surface area contributed by atoms with Crippen LogP contribution in [0.1, 0.15) is 23.6 Å². The third-order valence-corrected chi connectivity index (χ3v) is 5.70. The molecule has 0 bridgehead atoms. The van der Waals surface area contributed by atoms with Crippen LogP contribution in [0.15, 0.2) is 47.8 Å². The average Bonchev–Trinajstić information content (AvgIpc) is 3.04. The van der Waals surface area contributed by atoms with E-state index in [1.165, 1.54) is 0 Å². The highest BCUT2D eigenvalue weighted by Gasteiger charge is 2.25. The van der Waals surface area contributed by atoms with Crippen molar-refractivity contribution in [3.8, 4) is 11.5 Å². The van der Waals surface area contributed by atoms with Crippen LogP contribution in [-0.2, 0) is 22.1 Å². The maximum Gasteiger partial charge on any atom is 0.250 e. The van der Waals surface area contributed by atoms with Crippen LogP contribution >= 0.6 is 0 Å². The summed E-state index contributed by atoms with van der Waals surface area (Å²) < 4.78 is 27.4. The third-order valence-electron chi connectivity index (χ3n) is 4.13. The van der Waals surface area contributed by atoms with Crippen LogP contribution in [0, 0.1) is 13.8 Å². The second-order valence-electron chi connectivity index (χ2n) is 5.94. The van der Waals surface area contributed by atoms with Crippen molar-refractivity contribution < 1.29 is 8.42 Å². The summed E-state index contributed by atoms with van der Waals surface area (Å²) in [5.74, 6) is 0.357. The molecule has 1 aromatic carbocycles. The van der Waals surface area contributed by atoms with E-state index in [1.54, 1.807) is 22.9 Å². The lowest BCUT2D eigenvalue weighted by atomic mass is 10.1. The lowest BCUT2D eigenvalue weighted by molar-refractivity contribution is 0.568. The highest BCUT2D eigenvalue weighted by molar-refractivity contribution is 7.90. The average molecular weight is 356 g/mol. The zero-order valence-corrected chi connectivity index (χ0v) is 15.3. The van der Waals surface area contributed by atoms with Crippen LogP contribution < -0.4 is 0 Å². The molecule has 0 radical (unpaired) electrons. The Morgan fingerprint density at radius 3 is 2.48 bits per heavy atom. The number of sulfone groups is 1. The normalized spacial score (nSPS) is 11.6. The number of aryl methyl sites for hydroxylation is 2. The molecule has 6 nitrogen and oxygen atoms in total. The first-order valence-electron chi connectivity index (χ1n) is 8.06. The van der Waals surface area contributed by atoms with Gasteiger partial charge in [-0.1, -0.05) is 24.3 Å². The quantitative estimate of drug-likeness (QED) is 0.702. The third kappa shape index (κ3) is 3.46. The Morgan fingerprint density at radius 2 is 1.84 bits per heavy atom. The van der Waals surface area contributed by atoms with E-state index in [9.17, 15) is 8.42 Å². The summed E-state index contributed by atoms with van der Waals surface area (Å²) in [6.45, 7) is 6.28. The largest absolute Gasteiger partial charge is 0.297 e. The summed E-state index contributed by atoms with van der Waals surface area (Å²) >= 11 is 0. The minimum absolute atomic E-state index is 0.0196. The highest BCUT2D eigenvalue weighted by atomic mass is 32.2. The molecule has 3 rings (SSSR count). The minimum Gasteiger partial charge on any atom is -0.297 e. The van der Waals surface area contributed by atoms with Crippen LogP contribution in [0.5, 0.6) is 0 Å². The summed E-state index contributed by atoms with van der Waals surface area (Å²) in [6.07, 6.45) is 1.65. The Hall–Kier alpha value is -2.54. The predicted octanol–water partition coefficient (Wildman–Crippen LogP) is 2.95. The summed E-state index contributed by atoms with van der Waals surface area (Å²) in [5.41, 5.74) is 3.55. The van der Waals surface area contributed by atoms with Gasteiger partial charge in [-0.25, -0.2) is 8.42 Å². The van der Waals surface area contributed by atoms with Crippen molar-refractivity contribution in [2.75, 3.05) is 0 Å². The second kappa shape index (κ2) is 6.76. The molecule has 130 valence electrons. The molecule has 3 aromatic rings. The highest BCUT2D eigenvalue weighted by Crippen LogP contribution is 2.22. The van der Waals surface area contributed by atoms with E-state index >= 15 is 0 Å². The monoisotopic (exact) mass is 356 g/mol. The van der Waals surface area contributed by atoms with Gasteiger partial charge in [0.05, 0.1) is 5.75 Å². The Bertz CT molecular complexity index is 995. The first kappa shape index (κ1) is 17.3. The van der Waals surface area contributed by atoms with Crippen molar-refractivity contribution in [3.63, 3.8) is 0 Å². The Morgan fingerprint density at radius 1 is 1.04 bits per heavy atom. The number of pyridine rings is 1. The van der Waals surface area contributed by atoms with E-state index < -0.39 is 9.84 Å². The van der Waals surface area contributed by atoms with Gasteiger partial charge in [-0.15, -0.1) is 10.2 Å². The van der Waals surface area contributed by atoms with Gasteiger partial charge in [0.2, 0.25) is 15.0 Å². The van der Waals surface area contributed by atoms with E-state index in [4.69, 9.17) is 0 Å². The van der Waals surface area contributed by atoms with Crippen molar-refractivity contribution >= 4 is 9.84 Å². The van der Waals surface area contributed by atoms with Gasteiger partial charge in [-0.05, 0) is 49.6 Å². The maximum atomic E-state index is 12.9. The summed E-state index contributed by atoms with van der Waals surface area (Å²) in [6, 6.07) is 11.1. The number of hydrogen-bond acceptors (Lipinski definition) is 5. The lowest BCUT2D eigenvalue weighted by Crippen LogP contribution is -2.13. The number of aromatic nitrogens is 4. The van der Waals surface area contributed by atoms with E-state index in [0.29, 0.717) is 18.1 Å². The first-order valence-corrected chi connectivity index (χ1v) is 9.71. The zero-order valence-electron chi connectivity index (χ0n) is 14.5. The minimum atomic E-state index is -3.61. The molecule has 0 amide bonds. The van der Waals surface area contributed by atoms with Crippen molar-refractivity contribution in [3.05, 3.63) is 59.3 Å². The van der Waals surface area contributed by atoms with Crippen LogP contribution in [-0.4, -0.2) is 28.2 Å². The van der Waals surface area contributed by atoms with Crippen LogP contribution in [0.3, 0.4) is 0 Å². The summed E-state index contributed by atoms with van der Waals surface area (Å²) in [5, 5.41) is 8.00.